The van der Waals surface area contributed by atoms with Gasteiger partial charge < -0.3 is 4.74 Å². The van der Waals surface area contributed by atoms with Crippen LogP contribution in [0.2, 0.25) is 5.02 Å². The van der Waals surface area contributed by atoms with Crippen molar-refractivity contribution in [1.82, 2.24) is 14.8 Å². The summed E-state index contributed by atoms with van der Waals surface area (Å²) in [7, 11) is 1.48. The minimum Gasteiger partial charge on any atom is -0.406 e. The number of nitrogens with zero attached hydrogens (tertiary/aromatic N) is 6. The van der Waals surface area contributed by atoms with Crippen LogP contribution >= 0.6 is 11.6 Å². The summed E-state index contributed by atoms with van der Waals surface area (Å²) in [5.74, 6) is -0.395. The highest BCUT2D eigenvalue weighted by atomic mass is 35.5. The number of hydrogen-bond donors (Lipinski definition) is 0. The lowest BCUT2D eigenvalue weighted by Gasteiger charge is -2.23. The smallest absolute Gasteiger partial charge is 0.406 e. The summed E-state index contributed by atoms with van der Waals surface area (Å²) in [6, 6.07) is 12.9. The van der Waals surface area contributed by atoms with E-state index in [1.54, 1.807) is 35.1 Å². The van der Waals surface area contributed by atoms with Crippen LogP contribution in [-0.4, -0.2) is 46.5 Å². The first kappa shape index (κ1) is 23.1. The molecule has 0 spiro atoms. The topological polar surface area (TPSA) is 86.8 Å². The third kappa shape index (κ3) is 4.97. The van der Waals surface area contributed by atoms with Gasteiger partial charge in [-0.15, -0.1) is 13.2 Å². The van der Waals surface area contributed by atoms with Crippen molar-refractivity contribution in [2.24, 2.45) is 5.10 Å². The van der Waals surface area contributed by atoms with E-state index in [4.69, 9.17) is 16.9 Å². The molecule has 2 aromatic carbocycles. The molecule has 2 heterocycles. The third-order valence-corrected chi connectivity index (χ3v) is 5.30. The lowest BCUT2D eigenvalue weighted by molar-refractivity contribution is -0.274. The average Bonchev–Trinajstić information content (AvgIpc) is 3.45. The van der Waals surface area contributed by atoms with E-state index in [1.807, 2.05) is 6.07 Å². The van der Waals surface area contributed by atoms with E-state index >= 15 is 0 Å². The first-order valence-electron chi connectivity index (χ1n) is 9.84. The van der Waals surface area contributed by atoms with Gasteiger partial charge in [0.2, 0.25) is 0 Å². The zero-order valence-corrected chi connectivity index (χ0v) is 18.3. The predicted molar refractivity (Wildman–Crippen MR) is 118 cm³/mol. The summed E-state index contributed by atoms with van der Waals surface area (Å²) < 4.78 is 42.6. The molecule has 0 fully saturated rings. The Labute approximate surface area is 197 Å². The van der Waals surface area contributed by atoms with Crippen LogP contribution < -0.4 is 9.64 Å². The number of carbonyl (C=O) groups is 1. The van der Waals surface area contributed by atoms with Crippen molar-refractivity contribution in [1.29, 1.82) is 5.26 Å². The van der Waals surface area contributed by atoms with Gasteiger partial charge in [-0.2, -0.15) is 15.5 Å². The Morgan fingerprint density at radius 1 is 1.21 bits per heavy atom. The average molecular weight is 489 g/mol. The van der Waals surface area contributed by atoms with Gasteiger partial charge in [0.15, 0.2) is 0 Å². The van der Waals surface area contributed by atoms with Gasteiger partial charge >= 0.3 is 12.4 Å². The Morgan fingerprint density at radius 2 is 1.88 bits per heavy atom. The van der Waals surface area contributed by atoms with Crippen LogP contribution in [0.25, 0.3) is 0 Å². The van der Waals surface area contributed by atoms with E-state index < -0.39 is 24.2 Å². The van der Waals surface area contributed by atoms with Crippen LogP contribution in [0.1, 0.15) is 17.2 Å². The molecule has 174 valence electrons. The van der Waals surface area contributed by atoms with Crippen molar-refractivity contribution in [3.63, 3.8) is 0 Å². The monoisotopic (exact) mass is 488 g/mol. The lowest BCUT2D eigenvalue weighted by atomic mass is 10.0. The number of benzene rings is 2. The van der Waals surface area contributed by atoms with Crippen LogP contribution in [0.5, 0.6) is 5.75 Å². The summed E-state index contributed by atoms with van der Waals surface area (Å²) in [6.07, 6.45) is -1.83. The van der Waals surface area contributed by atoms with Crippen molar-refractivity contribution >= 4 is 29.0 Å². The number of hydrogen-bond acceptors (Lipinski definition) is 5. The molecule has 3 aromatic rings. The minimum absolute atomic E-state index is 0.128. The second kappa shape index (κ2) is 9.07. The first-order valence-corrected chi connectivity index (χ1v) is 10.2. The number of hydrazone groups is 1. The van der Waals surface area contributed by atoms with Gasteiger partial charge in [0.25, 0.3) is 0 Å². The van der Waals surface area contributed by atoms with Gasteiger partial charge in [0.05, 0.1) is 24.0 Å². The molecule has 0 bridgehead atoms. The van der Waals surface area contributed by atoms with Crippen LogP contribution in [-0.2, 0) is 0 Å². The molecular weight excluding hydrogens is 473 g/mol. The van der Waals surface area contributed by atoms with E-state index in [2.05, 4.69) is 14.9 Å². The zero-order valence-electron chi connectivity index (χ0n) is 17.6. The lowest BCUT2D eigenvalue weighted by Crippen LogP contribution is -2.38. The van der Waals surface area contributed by atoms with Crippen molar-refractivity contribution in [3.8, 4) is 11.8 Å². The number of anilines is 1. The molecule has 1 aliphatic heterocycles. The van der Waals surface area contributed by atoms with E-state index in [1.165, 1.54) is 35.3 Å². The van der Waals surface area contributed by atoms with Crippen molar-refractivity contribution in [2.45, 2.75) is 12.4 Å². The fraction of sp³-hybridized carbons (Fsp3) is 0.182. The maximum absolute atomic E-state index is 13.2. The van der Waals surface area contributed by atoms with Gasteiger partial charge in [-0.3, -0.25) is 9.58 Å². The highest BCUT2D eigenvalue weighted by Crippen LogP contribution is 2.28. The highest BCUT2D eigenvalue weighted by molar-refractivity contribution is 6.30. The Balaban J connectivity index is 1.59. The molecule has 8 nitrogen and oxygen atoms in total. The number of nitriles is 1. The van der Waals surface area contributed by atoms with Crippen molar-refractivity contribution in [2.75, 3.05) is 18.5 Å². The maximum atomic E-state index is 13.2. The van der Waals surface area contributed by atoms with Gasteiger partial charge in [0, 0.05) is 29.5 Å². The van der Waals surface area contributed by atoms with Gasteiger partial charge in [-0.25, -0.2) is 9.80 Å². The highest BCUT2D eigenvalue weighted by Gasteiger charge is 2.35. The van der Waals surface area contributed by atoms with Gasteiger partial charge in [-0.05, 0) is 36.4 Å². The molecule has 12 heteroatoms. The molecule has 1 atom stereocenters. The molecule has 4 rings (SSSR count). The molecule has 0 aliphatic carbocycles. The zero-order chi connectivity index (χ0) is 24.5. The predicted octanol–water partition coefficient (Wildman–Crippen LogP) is 4.82. The summed E-state index contributed by atoms with van der Waals surface area (Å²) in [6.45, 7) is 0.128. The first-order chi connectivity index (χ1) is 16.1. The van der Waals surface area contributed by atoms with Gasteiger partial charge in [-0.1, -0.05) is 23.7 Å². The minimum atomic E-state index is -4.81. The molecule has 0 N–H and O–H groups in total. The van der Waals surface area contributed by atoms with Crippen LogP contribution in [0.3, 0.4) is 0 Å². The summed E-state index contributed by atoms with van der Waals surface area (Å²) in [4.78, 5) is 14.4. The van der Waals surface area contributed by atoms with Crippen molar-refractivity contribution in [3.05, 3.63) is 77.1 Å². The molecule has 0 radical (unpaired) electrons. The fourth-order valence-corrected chi connectivity index (χ4v) is 3.54. The number of urea groups is 1. The van der Waals surface area contributed by atoms with E-state index in [0.29, 0.717) is 22.0 Å². The fourth-order valence-electron chi connectivity index (χ4n) is 3.41. The third-order valence-electron chi connectivity index (χ3n) is 5.05. The molecule has 34 heavy (non-hydrogen) atoms. The maximum Gasteiger partial charge on any atom is 0.573 e. The second-order valence-electron chi connectivity index (χ2n) is 7.29. The quantitative estimate of drug-likeness (QED) is 0.526. The molecular formula is C22H16ClF3N6O2. The summed E-state index contributed by atoms with van der Waals surface area (Å²) >= 11 is 5.99. The Bertz CT molecular complexity index is 1270. The molecule has 0 saturated carbocycles. The Morgan fingerprint density at radius 3 is 2.47 bits per heavy atom. The van der Waals surface area contributed by atoms with Crippen molar-refractivity contribution < 1.29 is 22.7 Å². The number of carbonyl (C=O) groups excluding carboxylic acids is 1. The second-order valence-corrected chi connectivity index (χ2v) is 7.73. The summed E-state index contributed by atoms with van der Waals surface area (Å²) in [5.41, 5.74) is 1.96. The number of ether oxygens (including phenoxy) is 1. The van der Waals surface area contributed by atoms with Crippen LogP contribution in [0, 0.1) is 11.3 Å². The molecule has 1 aliphatic rings. The Hall–Kier alpha value is -4.04. The van der Waals surface area contributed by atoms with Crippen LogP contribution in [0.15, 0.2) is 66.0 Å². The number of aromatic nitrogens is 2. The number of halogens is 4. The number of rotatable bonds is 4. The molecule has 1 aromatic heterocycles. The number of alkyl halides is 3. The van der Waals surface area contributed by atoms with Crippen LogP contribution in [0.4, 0.5) is 23.7 Å². The van der Waals surface area contributed by atoms with E-state index in [9.17, 15) is 18.0 Å². The molecule has 2 amide bonds. The summed E-state index contributed by atoms with van der Waals surface area (Å²) in [5, 5.41) is 19.6. The Kier molecular flexibility index (Phi) is 6.17. The van der Waals surface area contributed by atoms with E-state index in [0.717, 1.165) is 17.7 Å². The molecule has 1 unspecified atom stereocenters. The van der Waals surface area contributed by atoms with Gasteiger partial charge in [0.1, 0.15) is 17.9 Å². The van der Waals surface area contributed by atoms with E-state index in [-0.39, 0.29) is 6.54 Å². The standard InChI is InChI=1S/C22H16ClF3N6O2/c1-30(17-6-8-18(9-7-17)34-22(24,25)26)21(33)32-13-19(31-12-14(10-27)11-28-31)20(29-32)15-2-4-16(23)5-3-15/h2-9,11-12,19H,13H2,1H3. The normalized spacial score (nSPS) is 15.6. The SMILES string of the molecule is CN(C(=O)N1CC(n2cc(C#N)cn2)C(c2ccc(Cl)cc2)=N1)c1ccc(OC(F)(F)F)cc1. The largest absolute Gasteiger partial charge is 0.573 e. The number of amides is 2. The molecule has 0 saturated heterocycles.